The number of carboxylic acid groups (broad SMARTS) is 1. The van der Waals surface area contributed by atoms with E-state index in [9.17, 15) is 76.0 Å². The fourth-order valence-corrected chi connectivity index (χ4v) is 16.5. The van der Waals surface area contributed by atoms with E-state index in [0.717, 1.165) is 18.4 Å². The highest BCUT2D eigenvalue weighted by Crippen LogP contribution is 2.76. The zero-order chi connectivity index (χ0) is 57.1. The molecule has 28 atom stereocenters. The summed E-state index contributed by atoms with van der Waals surface area (Å²) in [6.45, 7) is 13.9. The monoisotopic (exact) mass is 1120 g/mol. The second-order valence-corrected chi connectivity index (χ2v) is 26.3. The van der Waals surface area contributed by atoms with E-state index in [1.165, 1.54) is 6.92 Å². The summed E-state index contributed by atoms with van der Waals surface area (Å²) in [6.07, 6.45) is -24.3. The predicted octanol–water partition coefficient (Wildman–Crippen LogP) is -2.11. The molecule has 0 aromatic rings. The van der Waals surface area contributed by atoms with E-state index in [2.05, 4.69) is 46.0 Å². The van der Waals surface area contributed by atoms with Crippen LogP contribution in [-0.4, -0.2) is 234 Å². The number of carboxylic acids is 1. The summed E-state index contributed by atoms with van der Waals surface area (Å²) in [7, 11) is 0. The van der Waals surface area contributed by atoms with Crippen molar-refractivity contribution in [3.05, 3.63) is 11.6 Å². The van der Waals surface area contributed by atoms with Crippen LogP contribution in [0.2, 0.25) is 0 Å². The van der Waals surface area contributed by atoms with E-state index in [1.54, 1.807) is 0 Å². The minimum atomic E-state index is -1.93. The van der Waals surface area contributed by atoms with Gasteiger partial charge in [0.05, 0.1) is 44.7 Å². The van der Waals surface area contributed by atoms with Gasteiger partial charge in [0, 0.05) is 6.92 Å². The lowest BCUT2D eigenvalue weighted by Gasteiger charge is -2.71. The molecule has 4 heterocycles. The van der Waals surface area contributed by atoms with Crippen LogP contribution in [0.3, 0.4) is 0 Å². The Morgan fingerprint density at radius 2 is 1.28 bits per heavy atom. The number of aliphatic carboxylic acids is 1. The van der Waals surface area contributed by atoms with Gasteiger partial charge in [0.15, 0.2) is 25.2 Å². The molecule has 0 radical (unpaired) electrons. The van der Waals surface area contributed by atoms with E-state index in [4.69, 9.17) is 37.9 Å². The molecule has 4 saturated carbocycles. The van der Waals surface area contributed by atoms with Crippen LogP contribution >= 0.6 is 0 Å². The van der Waals surface area contributed by atoms with E-state index in [0.29, 0.717) is 32.1 Å². The van der Waals surface area contributed by atoms with Gasteiger partial charge in [-0.1, -0.05) is 60.1 Å². The standard InChI is InChI=1S/C54H87NO23/c1-22(57)55-32-36(63)40(77-46-39(66)37(64)35(62)27(18-56)74-46)28(21-73-47-41(34(61)26(59)20-72-47)78-45-38(65)33(60)25(58)19-71-45)75-44(32)76-31-12-13-51(6)29(50(31,4)5)11-14-53(8)30(51)10-9-23-24-17-49(2,3)42(67)43(68)54(24,48(69)70)16-15-52(23,53)7/h9,24-47,56,58-68H,10-21H2,1-8H3,(H,55,57)(H,69,70)/t24-,25+,26-,27+,28+,29-,30+,31-,32+,33-,34-,35+,36+,37-,38+,39+,40+,41+,42+,43-,44-,45-,46-,47-,51-,52+,53+,54-/m0/s1. The van der Waals surface area contributed by atoms with E-state index >= 15 is 0 Å². The van der Waals surface area contributed by atoms with Crippen molar-refractivity contribution >= 4 is 11.9 Å². The number of nitrogens with one attached hydrogen (secondary N) is 1. The second-order valence-electron chi connectivity index (χ2n) is 26.3. The average molecular weight is 1120 g/mol. The number of allylic oxidation sites excluding steroid dienone is 2. The molecular weight excluding hydrogens is 1030 g/mol. The van der Waals surface area contributed by atoms with Gasteiger partial charge in [0.1, 0.15) is 90.8 Å². The third-order valence-corrected chi connectivity index (χ3v) is 21.3. The van der Waals surface area contributed by atoms with Crippen LogP contribution in [0.1, 0.15) is 107 Å². The number of fused-ring (bicyclic) bond motifs is 7. The van der Waals surface area contributed by atoms with Gasteiger partial charge in [-0.25, -0.2) is 0 Å². The molecule has 5 aliphatic carbocycles. The summed E-state index contributed by atoms with van der Waals surface area (Å²) >= 11 is 0. The molecule has 4 aliphatic heterocycles. The fourth-order valence-electron chi connectivity index (χ4n) is 16.5. The second kappa shape index (κ2) is 21.8. The molecule has 0 aromatic carbocycles. The lowest BCUT2D eigenvalue weighted by molar-refractivity contribution is -0.368. The highest BCUT2D eigenvalue weighted by Gasteiger charge is 2.72. The maximum absolute atomic E-state index is 13.3. The number of ether oxygens (including phenoxy) is 8. The van der Waals surface area contributed by atoms with E-state index in [1.807, 2.05) is 13.8 Å². The van der Waals surface area contributed by atoms with Gasteiger partial charge in [-0.2, -0.15) is 0 Å². The number of hydrogen-bond donors (Lipinski definition) is 14. The SMILES string of the molecule is CC(=O)N[C@H]1[C@H](O[C@H]2CC[C@]3(C)[C@H]4CC=C5[C@@H]6CC(C)(C)[C@H](O)[C@H](O)[C@]6(C(=O)O)CC[C@@]5(C)[C@]4(C)CC[C@H]3C2(C)C)O[C@H](CO[C@@H]2OC[C@H](O)[C@H](O)[C@H]2O[C@@H]2OC[C@@H](O)[C@H](O)[C@H]2O)[C@@H](O[C@@H]2O[C@H](CO)[C@@H](O)[C@H](O)[C@H]2O)[C@@H]1O. The smallest absolute Gasteiger partial charge is 0.313 e. The normalized spacial score (nSPS) is 52.8. The molecule has 78 heavy (non-hydrogen) atoms. The van der Waals surface area contributed by atoms with Crippen LogP contribution in [0.15, 0.2) is 11.6 Å². The number of carbonyl (C=O) groups is 2. The molecule has 9 rings (SSSR count). The maximum atomic E-state index is 13.3. The van der Waals surface area contributed by atoms with Gasteiger partial charge in [-0.05, 0) is 96.2 Å². The molecule has 0 aromatic heterocycles. The summed E-state index contributed by atoms with van der Waals surface area (Å²) in [5.74, 6) is -1.93. The van der Waals surface area contributed by atoms with Gasteiger partial charge >= 0.3 is 5.97 Å². The van der Waals surface area contributed by atoms with Crippen LogP contribution in [0, 0.1) is 50.2 Å². The van der Waals surface area contributed by atoms with Crippen LogP contribution in [-0.2, 0) is 47.5 Å². The van der Waals surface area contributed by atoms with Crippen molar-refractivity contribution in [1.29, 1.82) is 0 Å². The minimum absolute atomic E-state index is 0.0555. The number of carbonyl (C=O) groups excluding carboxylic acids is 1. The van der Waals surface area contributed by atoms with E-state index < -0.39 is 195 Å². The van der Waals surface area contributed by atoms with Gasteiger partial charge in [0.25, 0.3) is 0 Å². The molecule has 24 nitrogen and oxygen atoms in total. The van der Waals surface area contributed by atoms with Crippen molar-refractivity contribution in [2.45, 2.75) is 236 Å². The Balaban J connectivity index is 0.990. The fraction of sp³-hybridized carbons (Fsp3) is 0.926. The topological polar surface area (TPSA) is 383 Å². The highest BCUT2D eigenvalue weighted by atomic mass is 16.8. The summed E-state index contributed by atoms with van der Waals surface area (Å²) in [6, 6.07) is -1.37. The summed E-state index contributed by atoms with van der Waals surface area (Å²) in [5, 5.41) is 144. The molecular formula is C54H87NO23. The summed E-state index contributed by atoms with van der Waals surface area (Å²) in [5.41, 5.74) is -2.70. The first-order valence-corrected chi connectivity index (χ1v) is 27.8. The molecule has 9 aliphatic rings. The van der Waals surface area contributed by atoms with Gasteiger partial charge in [-0.15, -0.1) is 0 Å². The third-order valence-electron chi connectivity index (χ3n) is 21.3. The Labute approximate surface area is 453 Å². The number of amides is 1. The Morgan fingerprint density at radius 3 is 1.94 bits per heavy atom. The van der Waals surface area contributed by atoms with Crippen molar-refractivity contribution in [3.8, 4) is 0 Å². The van der Waals surface area contributed by atoms with Crippen molar-refractivity contribution in [2.24, 2.45) is 50.2 Å². The van der Waals surface area contributed by atoms with Gasteiger partial charge < -0.3 is 110 Å². The quantitative estimate of drug-likeness (QED) is 0.0735. The Morgan fingerprint density at radius 1 is 0.654 bits per heavy atom. The number of aliphatic hydroxyl groups excluding tert-OH is 12. The molecule has 1 amide bonds. The van der Waals surface area contributed by atoms with Crippen molar-refractivity contribution in [1.82, 2.24) is 5.32 Å². The maximum Gasteiger partial charge on any atom is 0.313 e. The lowest BCUT2D eigenvalue weighted by Crippen LogP contribution is -2.69. The third kappa shape index (κ3) is 9.72. The van der Waals surface area contributed by atoms with Gasteiger partial charge in [0.2, 0.25) is 5.91 Å². The van der Waals surface area contributed by atoms with Gasteiger partial charge in [-0.3, -0.25) is 9.59 Å². The lowest BCUT2D eigenvalue weighted by atomic mass is 9.33. The predicted molar refractivity (Wildman–Crippen MR) is 266 cm³/mol. The van der Waals surface area contributed by atoms with Crippen LogP contribution in [0.5, 0.6) is 0 Å². The van der Waals surface area contributed by atoms with Crippen LogP contribution in [0.25, 0.3) is 0 Å². The molecule has 0 bridgehead atoms. The number of rotatable bonds is 12. The first kappa shape index (κ1) is 60.5. The molecule has 446 valence electrons. The highest BCUT2D eigenvalue weighted by molar-refractivity contribution is 5.78. The zero-order valence-corrected chi connectivity index (χ0v) is 45.8. The number of hydrogen-bond acceptors (Lipinski definition) is 22. The molecule has 0 spiro atoms. The first-order valence-electron chi connectivity index (χ1n) is 27.8. The minimum Gasteiger partial charge on any atom is -0.481 e. The van der Waals surface area contributed by atoms with E-state index in [-0.39, 0.29) is 29.1 Å². The largest absolute Gasteiger partial charge is 0.481 e. The molecule has 8 fully saturated rings. The first-order chi connectivity index (χ1) is 36.4. The van der Waals surface area contributed by atoms with Crippen LogP contribution < -0.4 is 5.32 Å². The Hall–Kier alpha value is -2.12. The average Bonchev–Trinajstić information content (AvgIpc) is 2.62. The van der Waals surface area contributed by atoms with Crippen LogP contribution in [0.4, 0.5) is 0 Å². The molecule has 24 heteroatoms. The Bertz CT molecular complexity index is 2200. The molecule has 4 saturated heterocycles. The summed E-state index contributed by atoms with van der Waals surface area (Å²) < 4.78 is 48.8. The Kier molecular flexibility index (Phi) is 16.9. The van der Waals surface area contributed by atoms with Crippen molar-refractivity contribution < 1.29 is 114 Å². The van der Waals surface area contributed by atoms with Crippen molar-refractivity contribution in [3.63, 3.8) is 0 Å². The molecule has 14 N–H and O–H groups in total. The summed E-state index contributed by atoms with van der Waals surface area (Å²) in [4.78, 5) is 26.4. The number of aliphatic hydroxyl groups is 12. The zero-order valence-electron chi connectivity index (χ0n) is 45.8. The molecule has 0 unspecified atom stereocenters. The van der Waals surface area contributed by atoms with Crippen molar-refractivity contribution in [2.75, 3.05) is 26.4 Å².